The van der Waals surface area contributed by atoms with Gasteiger partial charge in [0, 0.05) is 5.57 Å². The quantitative estimate of drug-likeness (QED) is 0.407. The summed E-state index contributed by atoms with van der Waals surface area (Å²) in [6, 6.07) is 0. The predicted molar refractivity (Wildman–Crippen MR) is 49.1 cm³/mol. The Kier molecular flexibility index (Phi) is 3.96. The lowest BCUT2D eigenvalue weighted by molar-refractivity contribution is -0.229. The molecule has 1 aliphatic rings. The van der Waals surface area contributed by atoms with Crippen LogP contribution in [0.15, 0.2) is 11.6 Å². The highest BCUT2D eigenvalue weighted by Crippen LogP contribution is 2.25. The van der Waals surface area contributed by atoms with Crippen molar-refractivity contribution >= 4 is 5.97 Å². The summed E-state index contributed by atoms with van der Waals surface area (Å²) in [4.78, 5) is 14.5. The molecule has 0 saturated heterocycles. The summed E-state index contributed by atoms with van der Waals surface area (Å²) in [5.74, 6) is -0.140. The Bertz CT molecular complexity index is 202. The maximum Gasteiger partial charge on any atom is 0.368 e. The summed E-state index contributed by atoms with van der Waals surface area (Å²) in [7, 11) is 0. The van der Waals surface area contributed by atoms with Crippen molar-refractivity contribution in [3.8, 4) is 0 Å². The molecule has 13 heavy (non-hydrogen) atoms. The van der Waals surface area contributed by atoms with Crippen LogP contribution in [0.2, 0.25) is 0 Å². The van der Waals surface area contributed by atoms with Crippen molar-refractivity contribution in [3.05, 3.63) is 11.6 Å². The Morgan fingerprint density at radius 1 is 1.38 bits per heavy atom. The molecule has 0 aromatic carbocycles. The van der Waals surface area contributed by atoms with Gasteiger partial charge in [-0.25, -0.2) is 4.79 Å². The molecule has 0 amide bonds. The van der Waals surface area contributed by atoms with Crippen LogP contribution in [0.5, 0.6) is 0 Å². The van der Waals surface area contributed by atoms with Gasteiger partial charge in [-0.05, 0) is 25.7 Å². The van der Waals surface area contributed by atoms with Crippen LogP contribution in [0, 0.1) is 5.92 Å². The largest absolute Gasteiger partial charge is 0.368 e. The first-order valence-electron chi connectivity index (χ1n) is 4.78. The Labute approximate surface area is 78.3 Å². The summed E-state index contributed by atoms with van der Waals surface area (Å²) < 4.78 is 0. The van der Waals surface area contributed by atoms with Crippen molar-refractivity contribution in [1.29, 1.82) is 0 Å². The Hall–Kier alpha value is -0.830. The van der Waals surface area contributed by atoms with Crippen molar-refractivity contribution in [1.82, 2.24) is 0 Å². The topological polar surface area (TPSA) is 46.5 Å². The summed E-state index contributed by atoms with van der Waals surface area (Å²) in [6.07, 6.45) is 7.99. The number of carbonyl (C=O) groups excluding carboxylic acids is 1. The van der Waals surface area contributed by atoms with Gasteiger partial charge in [-0.15, -0.1) is 0 Å². The highest BCUT2D eigenvalue weighted by molar-refractivity contribution is 5.87. The van der Waals surface area contributed by atoms with E-state index in [0.29, 0.717) is 11.5 Å². The number of hydrogen-bond acceptors (Lipinski definition) is 3. The van der Waals surface area contributed by atoms with Crippen LogP contribution in [0.3, 0.4) is 0 Å². The minimum Gasteiger partial charge on any atom is -0.296 e. The molecule has 3 nitrogen and oxygen atoms in total. The molecule has 0 atom stereocenters. The second-order valence-corrected chi connectivity index (χ2v) is 3.63. The number of carbonyl (C=O) groups is 1. The summed E-state index contributed by atoms with van der Waals surface area (Å²) in [6.45, 7) is 1.67. The van der Waals surface area contributed by atoms with Crippen LogP contribution in [0.1, 0.15) is 39.0 Å². The Balaban J connectivity index is 2.47. The van der Waals surface area contributed by atoms with E-state index in [1.54, 1.807) is 6.92 Å². The monoisotopic (exact) mass is 184 g/mol. The molecule has 74 valence electrons. The van der Waals surface area contributed by atoms with Gasteiger partial charge in [0.1, 0.15) is 0 Å². The lowest BCUT2D eigenvalue weighted by Gasteiger charge is -2.18. The summed E-state index contributed by atoms with van der Waals surface area (Å²) >= 11 is 0. The highest BCUT2D eigenvalue weighted by Gasteiger charge is 2.13. The summed E-state index contributed by atoms with van der Waals surface area (Å²) in [5, 5.41) is 8.14. The van der Waals surface area contributed by atoms with Gasteiger partial charge in [0.25, 0.3) is 0 Å². The van der Waals surface area contributed by atoms with E-state index in [0.717, 1.165) is 12.8 Å². The molecule has 0 aromatic heterocycles. The van der Waals surface area contributed by atoms with Crippen molar-refractivity contribution in [3.63, 3.8) is 0 Å². The molecule has 0 bridgehead atoms. The van der Waals surface area contributed by atoms with Crippen LogP contribution in [-0.4, -0.2) is 11.2 Å². The van der Waals surface area contributed by atoms with Crippen molar-refractivity contribution in [2.24, 2.45) is 5.92 Å². The minimum absolute atomic E-state index is 0.493. The maximum absolute atomic E-state index is 10.8. The third-order valence-electron chi connectivity index (χ3n) is 2.54. The molecule has 3 heteroatoms. The number of rotatable bonds is 2. The number of allylic oxidation sites excluding steroid dienone is 1. The average Bonchev–Trinajstić information content (AvgIpc) is 2.18. The zero-order chi connectivity index (χ0) is 9.68. The third kappa shape index (κ3) is 3.19. The second kappa shape index (κ2) is 5.02. The van der Waals surface area contributed by atoms with E-state index in [1.807, 2.05) is 6.08 Å². The van der Waals surface area contributed by atoms with Crippen LogP contribution < -0.4 is 0 Å². The van der Waals surface area contributed by atoms with Crippen LogP contribution in [-0.2, 0) is 9.68 Å². The first-order valence-corrected chi connectivity index (χ1v) is 4.78. The molecule has 1 saturated carbocycles. The first kappa shape index (κ1) is 10.3. The van der Waals surface area contributed by atoms with Crippen LogP contribution >= 0.6 is 0 Å². The molecule has 0 aromatic rings. The van der Waals surface area contributed by atoms with E-state index in [4.69, 9.17) is 5.26 Å². The Morgan fingerprint density at radius 2 is 2.00 bits per heavy atom. The first-order chi connectivity index (χ1) is 6.24. The van der Waals surface area contributed by atoms with E-state index in [2.05, 4.69) is 4.89 Å². The van der Waals surface area contributed by atoms with Crippen LogP contribution in [0.25, 0.3) is 0 Å². The van der Waals surface area contributed by atoms with E-state index in [-0.39, 0.29) is 0 Å². The van der Waals surface area contributed by atoms with Gasteiger partial charge < -0.3 is 0 Å². The SMILES string of the molecule is C/C(=C\C1CCCCC1)C(=O)OO. The van der Waals surface area contributed by atoms with Gasteiger partial charge in [0.2, 0.25) is 0 Å². The normalized spacial score (nSPS) is 20.0. The fraction of sp³-hybridized carbons (Fsp3) is 0.700. The van der Waals surface area contributed by atoms with Gasteiger partial charge in [-0.1, -0.05) is 25.3 Å². The van der Waals surface area contributed by atoms with Gasteiger partial charge in [-0.2, -0.15) is 5.26 Å². The van der Waals surface area contributed by atoms with E-state index < -0.39 is 5.97 Å². The van der Waals surface area contributed by atoms with E-state index in [1.165, 1.54) is 19.3 Å². The molecule has 1 aliphatic carbocycles. The van der Waals surface area contributed by atoms with Gasteiger partial charge in [-0.3, -0.25) is 4.89 Å². The predicted octanol–water partition coefficient (Wildman–Crippen LogP) is 2.53. The van der Waals surface area contributed by atoms with Crippen LogP contribution in [0.4, 0.5) is 0 Å². The molecule has 0 spiro atoms. The molecule has 1 N–H and O–H groups in total. The maximum atomic E-state index is 10.8. The molecular formula is C10H16O3. The lowest BCUT2D eigenvalue weighted by atomic mass is 9.88. The molecule has 0 heterocycles. The van der Waals surface area contributed by atoms with Crippen molar-refractivity contribution in [2.45, 2.75) is 39.0 Å². The minimum atomic E-state index is -0.634. The van der Waals surface area contributed by atoms with Gasteiger partial charge in [0.15, 0.2) is 0 Å². The molecule has 0 aliphatic heterocycles. The standard InChI is InChI=1S/C10H16O3/c1-8(10(11)13-12)7-9-5-3-2-4-6-9/h7,9,12H,2-6H2,1H3/b8-7+. The molecule has 0 unspecified atom stereocenters. The Morgan fingerprint density at radius 3 is 2.54 bits per heavy atom. The van der Waals surface area contributed by atoms with Crippen molar-refractivity contribution in [2.75, 3.05) is 0 Å². The second-order valence-electron chi connectivity index (χ2n) is 3.63. The van der Waals surface area contributed by atoms with Gasteiger partial charge >= 0.3 is 5.97 Å². The lowest BCUT2D eigenvalue weighted by Crippen LogP contribution is -2.08. The smallest absolute Gasteiger partial charge is 0.296 e. The fourth-order valence-corrected chi connectivity index (χ4v) is 1.79. The highest BCUT2D eigenvalue weighted by atomic mass is 17.1. The fourth-order valence-electron chi connectivity index (χ4n) is 1.79. The van der Waals surface area contributed by atoms with E-state index >= 15 is 0 Å². The zero-order valence-electron chi connectivity index (χ0n) is 7.95. The molecule has 0 radical (unpaired) electrons. The molecular weight excluding hydrogens is 168 g/mol. The van der Waals surface area contributed by atoms with Gasteiger partial charge in [0.05, 0.1) is 0 Å². The third-order valence-corrected chi connectivity index (χ3v) is 2.54. The zero-order valence-corrected chi connectivity index (χ0v) is 7.95. The molecule has 1 fully saturated rings. The number of hydrogen-bond donors (Lipinski definition) is 1. The average molecular weight is 184 g/mol. The van der Waals surface area contributed by atoms with Crippen molar-refractivity contribution < 1.29 is 14.9 Å². The van der Waals surface area contributed by atoms with E-state index in [9.17, 15) is 4.79 Å². The molecule has 1 rings (SSSR count). The summed E-state index contributed by atoms with van der Waals surface area (Å²) in [5.41, 5.74) is 0.509.